The van der Waals surface area contributed by atoms with Crippen molar-refractivity contribution >= 4 is 11.6 Å². The molecule has 0 aromatic carbocycles. The van der Waals surface area contributed by atoms with E-state index in [9.17, 15) is 4.79 Å². The fourth-order valence-corrected chi connectivity index (χ4v) is 1.16. The van der Waals surface area contributed by atoms with Gasteiger partial charge in [-0.15, -0.1) is 0 Å². The Morgan fingerprint density at radius 3 is 3.00 bits per heavy atom. The van der Waals surface area contributed by atoms with Crippen LogP contribution in [0.15, 0.2) is 17.2 Å². The highest BCUT2D eigenvalue weighted by molar-refractivity contribution is 6.29. The molecule has 72 valence electrons. The van der Waals surface area contributed by atoms with Crippen molar-refractivity contribution in [3.8, 4) is 0 Å². The second-order valence-electron chi connectivity index (χ2n) is 2.65. The number of rotatable bonds is 4. The molecule has 0 bridgehead atoms. The molecule has 1 N–H and O–H groups in total. The Hall–Kier alpha value is -0.870. The number of aryl methyl sites for hydroxylation is 1. The molecule has 1 aromatic heterocycles. The van der Waals surface area contributed by atoms with Crippen LogP contribution in [0.25, 0.3) is 0 Å². The number of aliphatic hydroxyl groups is 1. The number of hydrogen-bond donors (Lipinski definition) is 1. The Bertz CT molecular complexity index is 324. The third-order valence-electron chi connectivity index (χ3n) is 1.68. The quantitative estimate of drug-likeness (QED) is 0.731. The minimum absolute atomic E-state index is 0.00787. The fourth-order valence-electron chi connectivity index (χ4n) is 0.991. The molecule has 0 aliphatic carbocycles. The Kier molecular flexibility index (Phi) is 3.92. The molecule has 0 spiro atoms. The van der Waals surface area contributed by atoms with Crippen LogP contribution in [-0.4, -0.2) is 21.3 Å². The van der Waals surface area contributed by atoms with Crippen LogP contribution in [0.5, 0.6) is 0 Å². The van der Waals surface area contributed by atoms with Gasteiger partial charge in [-0.1, -0.05) is 11.6 Å². The van der Waals surface area contributed by atoms with E-state index in [-0.39, 0.29) is 17.3 Å². The van der Waals surface area contributed by atoms with Gasteiger partial charge in [0.05, 0.1) is 0 Å². The van der Waals surface area contributed by atoms with Gasteiger partial charge in [0, 0.05) is 25.5 Å². The molecular weight excluding hydrogens is 192 g/mol. The van der Waals surface area contributed by atoms with E-state index < -0.39 is 0 Å². The average Bonchev–Trinajstić information content (AvgIpc) is 2.13. The van der Waals surface area contributed by atoms with Gasteiger partial charge in [0.2, 0.25) is 0 Å². The van der Waals surface area contributed by atoms with Crippen LogP contribution < -0.4 is 5.56 Å². The number of nitrogens with zero attached hydrogens (tertiary/aromatic N) is 2. The molecule has 0 radical (unpaired) electrons. The number of aromatic nitrogens is 2. The summed E-state index contributed by atoms with van der Waals surface area (Å²) in [5, 5.41) is 8.53. The smallest absolute Gasteiger partial charge is 0.288 e. The van der Waals surface area contributed by atoms with Crippen molar-refractivity contribution in [2.75, 3.05) is 6.61 Å². The van der Waals surface area contributed by atoms with E-state index in [1.165, 1.54) is 10.8 Å². The van der Waals surface area contributed by atoms with E-state index in [0.29, 0.717) is 13.0 Å². The SMILES string of the molecule is O=c1c(Cl)nccn1CCCCO. The molecule has 0 unspecified atom stereocenters. The van der Waals surface area contributed by atoms with E-state index in [1.54, 1.807) is 6.20 Å². The summed E-state index contributed by atoms with van der Waals surface area (Å²) in [5.74, 6) is 0. The molecule has 0 aliphatic rings. The number of halogens is 1. The summed E-state index contributed by atoms with van der Waals surface area (Å²) >= 11 is 5.53. The van der Waals surface area contributed by atoms with Gasteiger partial charge in [0.15, 0.2) is 5.15 Å². The molecule has 5 heteroatoms. The lowest BCUT2D eigenvalue weighted by atomic mass is 10.3. The molecule has 1 aromatic rings. The lowest BCUT2D eigenvalue weighted by Gasteiger charge is -2.03. The Labute approximate surface area is 80.8 Å². The molecule has 13 heavy (non-hydrogen) atoms. The minimum atomic E-state index is -0.276. The average molecular weight is 203 g/mol. The molecule has 4 nitrogen and oxygen atoms in total. The van der Waals surface area contributed by atoms with E-state index in [1.807, 2.05) is 0 Å². The third-order valence-corrected chi connectivity index (χ3v) is 1.94. The second kappa shape index (κ2) is 4.99. The van der Waals surface area contributed by atoms with Crippen LogP contribution in [0.2, 0.25) is 5.15 Å². The van der Waals surface area contributed by atoms with E-state index in [4.69, 9.17) is 16.7 Å². The van der Waals surface area contributed by atoms with Gasteiger partial charge in [-0.05, 0) is 12.8 Å². The van der Waals surface area contributed by atoms with Gasteiger partial charge >= 0.3 is 0 Å². The van der Waals surface area contributed by atoms with Crippen molar-refractivity contribution in [2.24, 2.45) is 0 Å². The first-order valence-electron chi connectivity index (χ1n) is 4.07. The largest absolute Gasteiger partial charge is 0.396 e. The van der Waals surface area contributed by atoms with Crippen LogP contribution >= 0.6 is 11.6 Å². The first-order valence-corrected chi connectivity index (χ1v) is 4.45. The first kappa shape index (κ1) is 10.2. The van der Waals surface area contributed by atoms with Crippen LogP contribution in [0.3, 0.4) is 0 Å². The van der Waals surface area contributed by atoms with Crippen LogP contribution in [0.4, 0.5) is 0 Å². The van der Waals surface area contributed by atoms with Crippen LogP contribution in [-0.2, 0) is 6.54 Å². The van der Waals surface area contributed by atoms with Gasteiger partial charge < -0.3 is 9.67 Å². The lowest BCUT2D eigenvalue weighted by Crippen LogP contribution is -2.20. The van der Waals surface area contributed by atoms with Crippen molar-refractivity contribution in [3.05, 3.63) is 27.9 Å². The monoisotopic (exact) mass is 202 g/mol. The Morgan fingerprint density at radius 1 is 1.54 bits per heavy atom. The summed E-state index contributed by atoms with van der Waals surface area (Å²) in [5.41, 5.74) is -0.276. The highest BCUT2D eigenvalue weighted by atomic mass is 35.5. The van der Waals surface area contributed by atoms with E-state index in [2.05, 4.69) is 4.98 Å². The van der Waals surface area contributed by atoms with E-state index >= 15 is 0 Å². The van der Waals surface area contributed by atoms with Gasteiger partial charge in [-0.25, -0.2) is 4.98 Å². The highest BCUT2D eigenvalue weighted by Crippen LogP contribution is 1.96. The number of hydrogen-bond acceptors (Lipinski definition) is 3. The zero-order chi connectivity index (χ0) is 9.68. The van der Waals surface area contributed by atoms with Crippen molar-refractivity contribution in [3.63, 3.8) is 0 Å². The Balaban J connectivity index is 2.67. The number of aliphatic hydroxyl groups excluding tert-OH is 1. The number of unbranched alkanes of at least 4 members (excludes halogenated alkanes) is 1. The molecule has 0 saturated heterocycles. The summed E-state index contributed by atoms with van der Waals surface area (Å²) in [6, 6.07) is 0. The van der Waals surface area contributed by atoms with Crippen molar-refractivity contribution < 1.29 is 5.11 Å². The van der Waals surface area contributed by atoms with E-state index in [0.717, 1.165) is 6.42 Å². The van der Waals surface area contributed by atoms with Crippen LogP contribution in [0, 0.1) is 0 Å². The summed E-state index contributed by atoms with van der Waals surface area (Å²) in [7, 11) is 0. The predicted octanol–water partition coefficient (Wildman–Crippen LogP) is 0.669. The standard InChI is InChI=1S/C8H11ClN2O2/c9-7-8(13)11(5-3-10-7)4-1-2-6-12/h3,5,12H,1-2,4,6H2. The van der Waals surface area contributed by atoms with Gasteiger partial charge in [-0.3, -0.25) is 4.79 Å². The molecule has 0 atom stereocenters. The summed E-state index contributed by atoms with van der Waals surface area (Å²) in [6.45, 7) is 0.717. The predicted molar refractivity (Wildman–Crippen MR) is 49.8 cm³/mol. The molecule has 0 saturated carbocycles. The van der Waals surface area contributed by atoms with Crippen molar-refractivity contribution in [1.29, 1.82) is 0 Å². The maximum atomic E-state index is 11.3. The summed E-state index contributed by atoms with van der Waals surface area (Å²) < 4.78 is 1.49. The lowest BCUT2D eigenvalue weighted by molar-refractivity contribution is 0.281. The molecule has 0 fully saturated rings. The van der Waals surface area contributed by atoms with Crippen molar-refractivity contribution in [2.45, 2.75) is 19.4 Å². The van der Waals surface area contributed by atoms with Gasteiger partial charge in [-0.2, -0.15) is 0 Å². The fraction of sp³-hybridized carbons (Fsp3) is 0.500. The molecular formula is C8H11ClN2O2. The third kappa shape index (κ3) is 2.82. The van der Waals surface area contributed by atoms with Gasteiger partial charge in [0.25, 0.3) is 5.56 Å². The summed E-state index contributed by atoms with van der Waals surface area (Å²) in [6.07, 6.45) is 4.53. The first-order chi connectivity index (χ1) is 6.25. The Morgan fingerprint density at radius 2 is 2.31 bits per heavy atom. The van der Waals surface area contributed by atoms with Crippen molar-refractivity contribution in [1.82, 2.24) is 9.55 Å². The van der Waals surface area contributed by atoms with Gasteiger partial charge in [0.1, 0.15) is 0 Å². The molecule has 1 heterocycles. The highest BCUT2D eigenvalue weighted by Gasteiger charge is 2.00. The minimum Gasteiger partial charge on any atom is -0.396 e. The van der Waals surface area contributed by atoms with Crippen LogP contribution in [0.1, 0.15) is 12.8 Å². The zero-order valence-electron chi connectivity index (χ0n) is 7.11. The summed E-state index contributed by atoms with van der Waals surface area (Å²) in [4.78, 5) is 14.9. The molecule has 0 aliphatic heterocycles. The normalized spacial score (nSPS) is 10.3. The molecule has 1 rings (SSSR count). The second-order valence-corrected chi connectivity index (χ2v) is 3.01. The maximum absolute atomic E-state index is 11.3. The topological polar surface area (TPSA) is 55.1 Å². The molecule has 0 amide bonds. The zero-order valence-corrected chi connectivity index (χ0v) is 7.87. The maximum Gasteiger partial charge on any atom is 0.288 e.